The van der Waals surface area contributed by atoms with Gasteiger partial charge in [-0.15, -0.1) is 0 Å². The first-order valence-electron chi connectivity index (χ1n) is 18.6. The molecule has 270 valence electrons. The Bertz CT molecular complexity index is 807. The van der Waals surface area contributed by atoms with E-state index in [0.717, 1.165) is 44.9 Å². The van der Waals surface area contributed by atoms with Crippen molar-refractivity contribution in [2.45, 2.75) is 187 Å². The maximum absolute atomic E-state index is 12.3. The summed E-state index contributed by atoms with van der Waals surface area (Å²) in [6.45, 7) is 3.62. The Labute approximate surface area is 281 Å². The Kier molecular flexibility index (Phi) is 32.4. The summed E-state index contributed by atoms with van der Waals surface area (Å²) in [5, 5.41) is 0. The fourth-order valence-corrected chi connectivity index (χ4v) is 5.51. The topological polar surface area (TPSA) is 119 Å². The Morgan fingerprint density at radius 3 is 1.43 bits per heavy atom. The van der Waals surface area contributed by atoms with E-state index >= 15 is 0 Å². The summed E-state index contributed by atoms with van der Waals surface area (Å²) in [5.74, 6) is -0.949. The molecule has 0 amide bonds. The number of carbonyl (C=O) groups is 2. The predicted molar refractivity (Wildman–Crippen MR) is 189 cm³/mol. The number of allylic oxidation sites excluding steroid dienone is 4. The average Bonchev–Trinajstić information content (AvgIpc) is 3.02. The lowest BCUT2D eigenvalue weighted by molar-refractivity contribution is -0.161. The molecule has 0 aromatic heterocycles. The molecule has 9 heteroatoms. The molecule has 0 unspecified atom stereocenters. The lowest BCUT2D eigenvalue weighted by Crippen LogP contribution is -2.29. The third-order valence-electron chi connectivity index (χ3n) is 7.96. The van der Waals surface area contributed by atoms with Gasteiger partial charge >= 0.3 is 19.8 Å². The van der Waals surface area contributed by atoms with Crippen molar-refractivity contribution in [1.82, 2.24) is 0 Å². The van der Waals surface area contributed by atoms with Crippen molar-refractivity contribution in [1.29, 1.82) is 0 Å². The van der Waals surface area contributed by atoms with E-state index in [4.69, 9.17) is 19.3 Å². The third kappa shape index (κ3) is 35.4. The van der Waals surface area contributed by atoms with E-state index in [1.807, 2.05) is 6.08 Å². The maximum Gasteiger partial charge on any atom is 0.469 e. The Hall–Kier alpha value is -1.47. The van der Waals surface area contributed by atoms with Crippen LogP contribution in [0.3, 0.4) is 0 Å². The number of carbonyl (C=O) groups excluding carboxylic acids is 2. The second kappa shape index (κ2) is 33.4. The molecule has 0 aromatic carbocycles. The van der Waals surface area contributed by atoms with Crippen LogP contribution in [0.15, 0.2) is 24.3 Å². The summed E-state index contributed by atoms with van der Waals surface area (Å²) in [5.41, 5.74) is 0. The minimum atomic E-state index is -4.75. The molecule has 46 heavy (non-hydrogen) atoms. The van der Waals surface area contributed by atoms with Crippen LogP contribution in [0.2, 0.25) is 0 Å². The lowest BCUT2D eigenvalue weighted by atomic mass is 10.1. The molecular formula is C37H69O8P. The molecule has 0 aromatic rings. The summed E-state index contributed by atoms with van der Waals surface area (Å²) in [4.78, 5) is 42.6. The first-order chi connectivity index (χ1) is 22.3. The zero-order valence-electron chi connectivity index (χ0n) is 29.5. The summed E-state index contributed by atoms with van der Waals surface area (Å²) in [7, 11) is -4.75. The highest BCUT2D eigenvalue weighted by molar-refractivity contribution is 7.46. The van der Waals surface area contributed by atoms with Gasteiger partial charge in [0.05, 0.1) is 6.61 Å². The molecule has 0 spiro atoms. The van der Waals surface area contributed by atoms with Crippen LogP contribution in [0.5, 0.6) is 0 Å². The quantitative estimate of drug-likeness (QED) is 0.0300. The van der Waals surface area contributed by atoms with Crippen molar-refractivity contribution < 1.29 is 37.9 Å². The smallest absolute Gasteiger partial charge is 0.462 e. The van der Waals surface area contributed by atoms with Crippen molar-refractivity contribution in [3.05, 3.63) is 24.3 Å². The van der Waals surface area contributed by atoms with Crippen molar-refractivity contribution in [3.63, 3.8) is 0 Å². The molecule has 8 nitrogen and oxygen atoms in total. The van der Waals surface area contributed by atoms with Crippen LogP contribution in [0.25, 0.3) is 0 Å². The van der Waals surface area contributed by atoms with Gasteiger partial charge < -0.3 is 19.3 Å². The second-order valence-electron chi connectivity index (χ2n) is 12.5. The predicted octanol–water partition coefficient (Wildman–Crippen LogP) is 10.8. The average molecular weight is 673 g/mol. The Balaban J connectivity index is 4.01. The van der Waals surface area contributed by atoms with E-state index in [-0.39, 0.29) is 19.4 Å². The van der Waals surface area contributed by atoms with Gasteiger partial charge in [-0.2, -0.15) is 0 Å². The number of hydrogen-bond donors (Lipinski definition) is 2. The van der Waals surface area contributed by atoms with E-state index in [0.29, 0.717) is 12.8 Å². The van der Waals surface area contributed by atoms with E-state index in [9.17, 15) is 14.2 Å². The zero-order valence-corrected chi connectivity index (χ0v) is 30.4. The van der Waals surface area contributed by atoms with E-state index < -0.39 is 32.5 Å². The van der Waals surface area contributed by atoms with Crippen LogP contribution < -0.4 is 0 Å². The van der Waals surface area contributed by atoms with Gasteiger partial charge in [0, 0.05) is 12.8 Å². The van der Waals surface area contributed by atoms with Crippen LogP contribution in [0.1, 0.15) is 181 Å². The zero-order chi connectivity index (χ0) is 34.0. The van der Waals surface area contributed by atoms with Gasteiger partial charge in [-0.1, -0.05) is 141 Å². The Morgan fingerprint density at radius 2 is 0.957 bits per heavy atom. The summed E-state index contributed by atoms with van der Waals surface area (Å²) < 4.78 is 26.2. The highest BCUT2D eigenvalue weighted by Crippen LogP contribution is 2.36. The van der Waals surface area contributed by atoms with Crippen molar-refractivity contribution in [2.75, 3.05) is 13.2 Å². The highest BCUT2D eigenvalue weighted by atomic mass is 31.2. The number of rotatable bonds is 34. The molecule has 0 radical (unpaired) electrons. The van der Waals surface area contributed by atoms with Crippen molar-refractivity contribution >= 4 is 19.8 Å². The molecule has 0 bridgehead atoms. The molecular weight excluding hydrogens is 603 g/mol. The van der Waals surface area contributed by atoms with Crippen LogP contribution in [0.4, 0.5) is 0 Å². The van der Waals surface area contributed by atoms with E-state index in [1.54, 1.807) is 0 Å². The van der Waals surface area contributed by atoms with E-state index in [2.05, 4.69) is 36.6 Å². The molecule has 0 saturated heterocycles. The SMILES string of the molecule is CCCCCC/C=C/CCCCCCCC(=O)O[C@H](COC(=O)CC/C=C/CCCCCCCCCCCCC)COP(=O)(O)O. The van der Waals surface area contributed by atoms with Crippen molar-refractivity contribution in [2.24, 2.45) is 0 Å². The van der Waals surface area contributed by atoms with Crippen molar-refractivity contribution in [3.8, 4) is 0 Å². The third-order valence-corrected chi connectivity index (χ3v) is 8.44. The van der Waals surface area contributed by atoms with Gasteiger partial charge in [-0.3, -0.25) is 14.1 Å². The summed E-state index contributed by atoms with van der Waals surface area (Å²) in [6, 6.07) is 0. The number of hydrogen-bond acceptors (Lipinski definition) is 6. The molecule has 2 N–H and O–H groups in total. The van der Waals surface area contributed by atoms with Crippen LogP contribution in [-0.2, 0) is 28.2 Å². The second-order valence-corrected chi connectivity index (χ2v) is 13.8. The van der Waals surface area contributed by atoms with Gasteiger partial charge in [0.15, 0.2) is 6.10 Å². The molecule has 0 aliphatic rings. The van der Waals surface area contributed by atoms with Crippen LogP contribution in [-0.4, -0.2) is 41.0 Å². The summed E-state index contributed by atoms with van der Waals surface area (Å²) in [6.07, 6.45) is 36.2. The fourth-order valence-electron chi connectivity index (χ4n) is 5.15. The molecule has 1 atom stereocenters. The standard InChI is InChI=1S/C37H69O8P/c1-3-5-7-9-11-13-15-17-18-20-21-23-25-27-29-31-36(38)43-33-35(34-44-46(40,41)42)45-37(39)32-30-28-26-24-22-19-16-14-12-10-8-6-4-2/h14,16,25,27,35H,3-13,15,17-24,26,28-34H2,1-2H3,(H2,40,41,42)/b16-14+,27-25+/t35-/m1/s1. The minimum Gasteiger partial charge on any atom is -0.462 e. The highest BCUT2D eigenvalue weighted by Gasteiger charge is 2.22. The minimum absolute atomic E-state index is 0.184. The molecule has 0 aliphatic heterocycles. The monoisotopic (exact) mass is 672 g/mol. The molecule has 0 rings (SSSR count). The number of phosphoric acid groups is 1. The number of ether oxygens (including phenoxy) is 2. The fraction of sp³-hybridized carbons (Fsp3) is 0.838. The number of esters is 2. The first kappa shape index (κ1) is 44.5. The van der Waals surface area contributed by atoms with Crippen LogP contribution >= 0.6 is 7.82 Å². The normalized spacial score (nSPS) is 12.7. The van der Waals surface area contributed by atoms with E-state index in [1.165, 1.54) is 96.3 Å². The van der Waals surface area contributed by atoms with Gasteiger partial charge in [0.2, 0.25) is 0 Å². The van der Waals surface area contributed by atoms with Gasteiger partial charge in [-0.05, 0) is 51.4 Å². The summed E-state index contributed by atoms with van der Waals surface area (Å²) >= 11 is 0. The molecule has 0 heterocycles. The van der Waals surface area contributed by atoms with Gasteiger partial charge in [0.25, 0.3) is 0 Å². The number of phosphoric ester groups is 1. The largest absolute Gasteiger partial charge is 0.469 e. The van der Waals surface area contributed by atoms with Gasteiger partial charge in [0.1, 0.15) is 6.61 Å². The lowest BCUT2D eigenvalue weighted by Gasteiger charge is -2.18. The Morgan fingerprint density at radius 1 is 0.543 bits per heavy atom. The van der Waals surface area contributed by atoms with Gasteiger partial charge in [-0.25, -0.2) is 4.57 Å². The first-order valence-corrected chi connectivity index (χ1v) is 20.2. The number of unbranched alkanes of at least 4 members (excludes halogenated alkanes) is 20. The molecule has 0 fully saturated rings. The maximum atomic E-state index is 12.3. The van der Waals surface area contributed by atoms with Crippen LogP contribution in [0, 0.1) is 0 Å². The molecule has 0 saturated carbocycles. The molecule has 0 aliphatic carbocycles.